The zero-order chi connectivity index (χ0) is 22.8. The van der Waals surface area contributed by atoms with Crippen LogP contribution in [0.4, 0.5) is 0 Å². The summed E-state index contributed by atoms with van der Waals surface area (Å²) >= 11 is 0. The van der Waals surface area contributed by atoms with Gasteiger partial charge in [0.1, 0.15) is 5.75 Å². The number of hydrogen-bond acceptors (Lipinski definition) is 3. The number of carbonyl (C=O) groups excluding carboxylic acids is 1. The van der Waals surface area contributed by atoms with Gasteiger partial charge in [-0.05, 0) is 28.5 Å². The molecule has 0 radical (unpaired) electrons. The average Bonchev–Trinajstić information content (AvgIpc) is 2.83. The van der Waals surface area contributed by atoms with Crippen LogP contribution in [0.25, 0.3) is 10.8 Å². The molecule has 0 amide bonds. The Morgan fingerprint density at radius 2 is 1.24 bits per heavy atom. The van der Waals surface area contributed by atoms with Crippen LogP contribution in [0.2, 0.25) is 0 Å². The van der Waals surface area contributed by atoms with Crippen molar-refractivity contribution in [2.45, 2.75) is 18.3 Å². The molecular weight excluding hydrogens is 412 g/mol. The minimum Gasteiger partial charge on any atom is -0.481 e. The van der Waals surface area contributed by atoms with Gasteiger partial charge in [0, 0.05) is 23.6 Å². The van der Waals surface area contributed by atoms with E-state index < -0.39 is 11.9 Å². The molecule has 0 aromatic heterocycles. The summed E-state index contributed by atoms with van der Waals surface area (Å²) in [6, 6.07) is 32.7. The second-order valence-corrected chi connectivity index (χ2v) is 8.56. The van der Waals surface area contributed by atoms with Gasteiger partial charge in [-0.15, -0.1) is 0 Å². The summed E-state index contributed by atoms with van der Waals surface area (Å²) in [5.74, 6) is -1.93. The molecule has 4 nitrogen and oxygen atoms in total. The number of carbonyl (C=O) groups is 2. The minimum atomic E-state index is -0.837. The Labute approximate surface area is 192 Å². The molecule has 0 heterocycles. The van der Waals surface area contributed by atoms with E-state index >= 15 is 0 Å². The van der Waals surface area contributed by atoms with E-state index in [9.17, 15) is 14.7 Å². The van der Waals surface area contributed by atoms with Crippen molar-refractivity contribution in [2.24, 2.45) is 11.8 Å². The molecule has 1 aliphatic rings. The lowest BCUT2D eigenvalue weighted by atomic mass is 9.51. The van der Waals surface area contributed by atoms with E-state index in [4.69, 9.17) is 4.74 Å². The zero-order valence-electron chi connectivity index (χ0n) is 18.0. The zero-order valence-corrected chi connectivity index (χ0v) is 18.0. The Kier molecular flexibility index (Phi) is 5.66. The standard InChI is InChI=1S/C29H24O4/c30-25(33-24-17-9-15-19-10-7-8-16-22(19)24)18-23-26(20-11-3-1-4-12-20)28(29(31)32)27(23)21-13-5-2-6-14-21/h1-17,23,26-28H,18H2,(H,31,32)/t23?,26-,27-,28?/m0/s1. The molecule has 4 aromatic carbocycles. The molecule has 164 valence electrons. The molecule has 0 aliphatic heterocycles. The summed E-state index contributed by atoms with van der Waals surface area (Å²) < 4.78 is 5.81. The lowest BCUT2D eigenvalue weighted by Crippen LogP contribution is -2.48. The highest BCUT2D eigenvalue weighted by Crippen LogP contribution is 2.59. The number of carboxylic acids is 1. The highest BCUT2D eigenvalue weighted by Gasteiger charge is 2.55. The molecule has 0 spiro atoms. The van der Waals surface area contributed by atoms with Gasteiger partial charge in [-0.1, -0.05) is 97.1 Å². The third-order valence-electron chi connectivity index (χ3n) is 6.73. The van der Waals surface area contributed by atoms with Gasteiger partial charge in [-0.2, -0.15) is 0 Å². The number of ether oxygens (including phenoxy) is 1. The largest absolute Gasteiger partial charge is 0.481 e. The van der Waals surface area contributed by atoms with E-state index in [0.29, 0.717) is 5.75 Å². The maximum Gasteiger partial charge on any atom is 0.311 e. The van der Waals surface area contributed by atoms with Gasteiger partial charge in [0.15, 0.2) is 0 Å². The lowest BCUT2D eigenvalue weighted by molar-refractivity contribution is -0.153. The third kappa shape index (κ3) is 4.00. The molecule has 0 saturated heterocycles. The van der Waals surface area contributed by atoms with Crippen molar-refractivity contribution in [3.05, 3.63) is 114 Å². The first-order valence-electron chi connectivity index (χ1n) is 11.1. The van der Waals surface area contributed by atoms with Gasteiger partial charge in [0.2, 0.25) is 0 Å². The van der Waals surface area contributed by atoms with Crippen molar-refractivity contribution >= 4 is 22.7 Å². The second kappa shape index (κ2) is 8.91. The fraction of sp³-hybridized carbons (Fsp3) is 0.172. The summed E-state index contributed by atoms with van der Waals surface area (Å²) in [6.07, 6.45) is 0.145. The van der Waals surface area contributed by atoms with Gasteiger partial charge >= 0.3 is 11.9 Å². The monoisotopic (exact) mass is 436 g/mol. The molecule has 1 fully saturated rings. The van der Waals surface area contributed by atoms with Crippen LogP contribution in [-0.4, -0.2) is 17.0 Å². The minimum absolute atomic E-state index is 0.145. The van der Waals surface area contributed by atoms with Crippen LogP contribution in [0.3, 0.4) is 0 Å². The van der Waals surface area contributed by atoms with Crippen LogP contribution in [0.1, 0.15) is 29.4 Å². The van der Waals surface area contributed by atoms with Crippen molar-refractivity contribution in [3.63, 3.8) is 0 Å². The number of fused-ring (bicyclic) bond motifs is 1. The molecule has 1 saturated carbocycles. The van der Waals surface area contributed by atoms with Crippen LogP contribution >= 0.6 is 0 Å². The molecule has 4 aromatic rings. The van der Waals surface area contributed by atoms with E-state index in [1.54, 1.807) is 6.07 Å². The normalized spacial score (nSPS) is 21.8. The van der Waals surface area contributed by atoms with Crippen molar-refractivity contribution < 1.29 is 19.4 Å². The van der Waals surface area contributed by atoms with Gasteiger partial charge in [0.05, 0.1) is 5.92 Å². The molecule has 1 aliphatic carbocycles. The summed E-state index contributed by atoms with van der Waals surface area (Å²) in [7, 11) is 0. The van der Waals surface area contributed by atoms with Gasteiger partial charge in [0.25, 0.3) is 0 Å². The number of hydrogen-bond donors (Lipinski definition) is 1. The van der Waals surface area contributed by atoms with E-state index in [-0.39, 0.29) is 30.1 Å². The van der Waals surface area contributed by atoms with Crippen molar-refractivity contribution in [3.8, 4) is 5.75 Å². The third-order valence-corrected chi connectivity index (χ3v) is 6.73. The number of rotatable bonds is 6. The highest BCUT2D eigenvalue weighted by molar-refractivity contribution is 5.90. The van der Waals surface area contributed by atoms with Crippen LogP contribution in [0, 0.1) is 11.8 Å². The first-order valence-corrected chi connectivity index (χ1v) is 11.1. The summed E-state index contributed by atoms with van der Waals surface area (Å²) in [5, 5.41) is 12.0. The molecule has 0 unspecified atom stereocenters. The van der Waals surface area contributed by atoms with Crippen LogP contribution < -0.4 is 4.74 Å². The fourth-order valence-corrected chi connectivity index (χ4v) is 5.30. The summed E-state index contributed by atoms with van der Waals surface area (Å²) in [4.78, 5) is 25.4. The van der Waals surface area contributed by atoms with Gasteiger partial charge in [-0.3, -0.25) is 9.59 Å². The van der Waals surface area contributed by atoms with Crippen molar-refractivity contribution in [1.82, 2.24) is 0 Å². The Balaban J connectivity index is 1.46. The van der Waals surface area contributed by atoms with Gasteiger partial charge in [-0.25, -0.2) is 0 Å². The number of esters is 1. The fourth-order valence-electron chi connectivity index (χ4n) is 5.30. The van der Waals surface area contributed by atoms with Crippen LogP contribution in [0.15, 0.2) is 103 Å². The van der Waals surface area contributed by atoms with Crippen molar-refractivity contribution in [2.75, 3.05) is 0 Å². The number of aliphatic carboxylic acids is 1. The van der Waals surface area contributed by atoms with Crippen LogP contribution in [0.5, 0.6) is 5.75 Å². The topological polar surface area (TPSA) is 63.6 Å². The summed E-state index contributed by atoms with van der Waals surface area (Å²) in [5.41, 5.74) is 1.89. The number of carboxylic acid groups (broad SMARTS) is 1. The Morgan fingerprint density at radius 1 is 0.697 bits per heavy atom. The lowest BCUT2D eigenvalue weighted by Gasteiger charge is -2.50. The Hall–Kier alpha value is -3.92. The smallest absolute Gasteiger partial charge is 0.311 e. The second-order valence-electron chi connectivity index (χ2n) is 8.56. The van der Waals surface area contributed by atoms with Gasteiger partial charge < -0.3 is 9.84 Å². The highest BCUT2D eigenvalue weighted by atomic mass is 16.5. The first kappa shape index (κ1) is 21.0. The molecule has 2 atom stereocenters. The molecular formula is C29H24O4. The molecule has 33 heavy (non-hydrogen) atoms. The SMILES string of the molecule is O=C(CC1[C@H](c2ccccc2)C(C(=O)O)[C@H]1c1ccccc1)Oc1cccc2ccccc12. The first-order chi connectivity index (χ1) is 16.1. The van der Waals surface area contributed by atoms with Crippen LogP contribution in [-0.2, 0) is 9.59 Å². The van der Waals surface area contributed by atoms with E-state index in [0.717, 1.165) is 21.9 Å². The molecule has 5 rings (SSSR count). The number of benzene rings is 4. The molecule has 4 heteroatoms. The average molecular weight is 437 g/mol. The van der Waals surface area contributed by atoms with E-state index in [2.05, 4.69) is 0 Å². The van der Waals surface area contributed by atoms with E-state index in [1.165, 1.54) is 0 Å². The molecule has 1 N–H and O–H groups in total. The Morgan fingerprint density at radius 3 is 1.85 bits per heavy atom. The molecule has 0 bridgehead atoms. The predicted octanol–water partition coefficient (Wildman–Crippen LogP) is 6.03. The quantitative estimate of drug-likeness (QED) is 0.296. The Bertz CT molecular complexity index is 1230. The maximum atomic E-state index is 13.1. The predicted molar refractivity (Wildman–Crippen MR) is 127 cm³/mol. The maximum absolute atomic E-state index is 13.1. The summed E-state index contributed by atoms with van der Waals surface area (Å²) in [6.45, 7) is 0. The van der Waals surface area contributed by atoms with Crippen molar-refractivity contribution in [1.29, 1.82) is 0 Å². The van der Waals surface area contributed by atoms with E-state index in [1.807, 2.05) is 97.1 Å².